The second kappa shape index (κ2) is 4.48. The van der Waals surface area contributed by atoms with Gasteiger partial charge in [-0.15, -0.1) is 0 Å². The zero-order valence-electron chi connectivity index (χ0n) is 11.7. The van der Waals surface area contributed by atoms with Gasteiger partial charge < -0.3 is 5.32 Å². The Hall–Kier alpha value is -2.55. The number of carbonyl (C=O) groups excluding carboxylic acids is 1. The summed E-state index contributed by atoms with van der Waals surface area (Å²) in [5.41, 5.74) is 5.75. The Morgan fingerprint density at radius 1 is 1.10 bits per heavy atom. The van der Waals surface area contributed by atoms with Gasteiger partial charge in [-0.2, -0.15) is 0 Å². The first-order valence-electron chi connectivity index (χ1n) is 7.25. The number of carbonyl (C=O) groups is 1. The van der Waals surface area contributed by atoms with E-state index in [0.29, 0.717) is 0 Å². The number of benzene rings is 2. The average molecular weight is 276 g/mol. The molecule has 2 aromatic rings. The van der Waals surface area contributed by atoms with Crippen LogP contribution in [0.2, 0.25) is 0 Å². The lowest BCUT2D eigenvalue weighted by Gasteiger charge is -2.23. The Morgan fingerprint density at radius 2 is 1.90 bits per heavy atom. The Bertz CT molecular complexity index is 729. The van der Waals surface area contributed by atoms with E-state index in [1.807, 2.05) is 30.3 Å². The SMILES string of the molecule is C=C1c2ccccc2C(=O)N1c1ccc2c(c1)NCCC2. The van der Waals surface area contributed by atoms with Crippen molar-refractivity contribution in [3.05, 3.63) is 65.7 Å². The fourth-order valence-electron chi connectivity index (χ4n) is 3.15. The molecule has 1 amide bonds. The Kier molecular flexibility index (Phi) is 2.61. The molecule has 0 bridgehead atoms. The summed E-state index contributed by atoms with van der Waals surface area (Å²) in [5, 5.41) is 3.41. The van der Waals surface area contributed by atoms with Crippen molar-refractivity contribution in [2.24, 2.45) is 0 Å². The lowest BCUT2D eigenvalue weighted by atomic mass is 10.0. The summed E-state index contributed by atoms with van der Waals surface area (Å²) in [6.07, 6.45) is 2.25. The third-order valence-electron chi connectivity index (χ3n) is 4.23. The van der Waals surface area contributed by atoms with E-state index in [4.69, 9.17) is 0 Å². The molecule has 0 saturated carbocycles. The third kappa shape index (κ3) is 1.77. The Labute approximate surface area is 123 Å². The summed E-state index contributed by atoms with van der Waals surface area (Å²) in [7, 11) is 0. The topological polar surface area (TPSA) is 32.3 Å². The summed E-state index contributed by atoms with van der Waals surface area (Å²) >= 11 is 0. The minimum absolute atomic E-state index is 0.00589. The van der Waals surface area contributed by atoms with E-state index in [9.17, 15) is 4.79 Å². The van der Waals surface area contributed by atoms with Crippen molar-refractivity contribution in [3.8, 4) is 0 Å². The maximum atomic E-state index is 12.6. The highest BCUT2D eigenvalue weighted by atomic mass is 16.2. The molecule has 1 N–H and O–H groups in total. The van der Waals surface area contributed by atoms with E-state index >= 15 is 0 Å². The molecule has 0 radical (unpaired) electrons. The van der Waals surface area contributed by atoms with Gasteiger partial charge >= 0.3 is 0 Å². The summed E-state index contributed by atoms with van der Waals surface area (Å²) < 4.78 is 0. The van der Waals surface area contributed by atoms with Crippen molar-refractivity contribution in [1.82, 2.24) is 0 Å². The maximum Gasteiger partial charge on any atom is 0.263 e. The number of nitrogens with one attached hydrogen (secondary N) is 1. The number of aryl methyl sites for hydroxylation is 1. The highest BCUT2D eigenvalue weighted by Gasteiger charge is 2.32. The van der Waals surface area contributed by atoms with E-state index < -0.39 is 0 Å². The van der Waals surface area contributed by atoms with Crippen LogP contribution >= 0.6 is 0 Å². The lowest BCUT2D eigenvalue weighted by molar-refractivity contribution is 0.101. The van der Waals surface area contributed by atoms with Crippen molar-refractivity contribution >= 4 is 23.0 Å². The molecule has 3 nitrogen and oxygen atoms in total. The van der Waals surface area contributed by atoms with Gasteiger partial charge in [0.25, 0.3) is 5.91 Å². The van der Waals surface area contributed by atoms with E-state index in [-0.39, 0.29) is 5.91 Å². The molecule has 0 aliphatic carbocycles. The van der Waals surface area contributed by atoms with Crippen LogP contribution in [0.5, 0.6) is 0 Å². The number of nitrogens with zero attached hydrogens (tertiary/aromatic N) is 1. The number of fused-ring (bicyclic) bond motifs is 2. The molecule has 0 spiro atoms. The standard InChI is InChI=1S/C18H16N2O/c1-12-15-6-2-3-7-16(15)18(21)20(12)14-9-8-13-5-4-10-19-17(13)11-14/h2-3,6-9,11,19H,1,4-5,10H2. The summed E-state index contributed by atoms with van der Waals surface area (Å²) in [6.45, 7) is 5.09. The van der Waals surface area contributed by atoms with Crippen LogP contribution < -0.4 is 10.2 Å². The fourth-order valence-corrected chi connectivity index (χ4v) is 3.15. The highest BCUT2D eigenvalue weighted by molar-refractivity contribution is 6.22. The van der Waals surface area contributed by atoms with E-state index in [1.54, 1.807) is 4.90 Å². The molecule has 2 aliphatic heterocycles. The largest absolute Gasteiger partial charge is 0.385 e. The van der Waals surface area contributed by atoms with Crippen molar-refractivity contribution < 1.29 is 4.79 Å². The van der Waals surface area contributed by atoms with Gasteiger partial charge in [-0.1, -0.05) is 30.8 Å². The summed E-state index contributed by atoms with van der Waals surface area (Å²) in [5.74, 6) is 0.00589. The first-order chi connectivity index (χ1) is 10.3. The Balaban J connectivity index is 1.78. The number of hydrogen-bond donors (Lipinski definition) is 1. The molecule has 0 aromatic heterocycles. The van der Waals surface area contributed by atoms with Crippen LogP contribution in [-0.4, -0.2) is 12.5 Å². The summed E-state index contributed by atoms with van der Waals surface area (Å²) in [6, 6.07) is 13.8. The smallest absolute Gasteiger partial charge is 0.263 e. The van der Waals surface area contributed by atoms with Gasteiger partial charge in [0.1, 0.15) is 0 Å². The van der Waals surface area contributed by atoms with Crippen LogP contribution in [0.1, 0.15) is 27.9 Å². The molecule has 4 rings (SSSR count). The van der Waals surface area contributed by atoms with Crippen molar-refractivity contribution in [2.45, 2.75) is 12.8 Å². The van der Waals surface area contributed by atoms with Gasteiger partial charge in [-0.3, -0.25) is 9.69 Å². The number of rotatable bonds is 1. The van der Waals surface area contributed by atoms with Gasteiger partial charge in [-0.25, -0.2) is 0 Å². The van der Waals surface area contributed by atoms with Crippen LogP contribution in [0.4, 0.5) is 11.4 Å². The summed E-state index contributed by atoms with van der Waals surface area (Å²) in [4.78, 5) is 14.3. The van der Waals surface area contributed by atoms with Gasteiger partial charge in [0.2, 0.25) is 0 Å². The van der Waals surface area contributed by atoms with Crippen LogP contribution in [0.15, 0.2) is 49.0 Å². The molecule has 0 unspecified atom stereocenters. The molecule has 104 valence electrons. The molecule has 21 heavy (non-hydrogen) atoms. The number of hydrogen-bond acceptors (Lipinski definition) is 2. The molecule has 2 heterocycles. The van der Waals surface area contributed by atoms with Crippen LogP contribution in [0, 0.1) is 0 Å². The Morgan fingerprint density at radius 3 is 2.71 bits per heavy atom. The minimum atomic E-state index is 0.00589. The fraction of sp³-hybridized carbons (Fsp3) is 0.167. The molecular formula is C18H16N2O. The zero-order valence-corrected chi connectivity index (χ0v) is 11.7. The molecule has 3 heteroatoms. The highest BCUT2D eigenvalue weighted by Crippen LogP contribution is 2.37. The normalized spacial score (nSPS) is 16.5. The molecule has 0 fully saturated rings. The number of anilines is 2. The predicted molar refractivity (Wildman–Crippen MR) is 85.5 cm³/mol. The van der Waals surface area contributed by atoms with Gasteiger partial charge in [-0.05, 0) is 36.6 Å². The van der Waals surface area contributed by atoms with Crippen molar-refractivity contribution in [1.29, 1.82) is 0 Å². The molecule has 0 atom stereocenters. The molecular weight excluding hydrogens is 260 g/mol. The van der Waals surface area contributed by atoms with Crippen LogP contribution in [0.3, 0.4) is 0 Å². The van der Waals surface area contributed by atoms with E-state index in [1.165, 1.54) is 5.56 Å². The minimum Gasteiger partial charge on any atom is -0.385 e. The van der Waals surface area contributed by atoms with Crippen LogP contribution in [0.25, 0.3) is 5.70 Å². The lowest BCUT2D eigenvalue weighted by Crippen LogP contribution is -2.22. The van der Waals surface area contributed by atoms with E-state index in [0.717, 1.165) is 47.6 Å². The zero-order chi connectivity index (χ0) is 14.4. The third-order valence-corrected chi connectivity index (χ3v) is 4.23. The molecule has 2 aliphatic rings. The maximum absolute atomic E-state index is 12.6. The van der Waals surface area contributed by atoms with Gasteiger partial charge in [0.05, 0.1) is 11.4 Å². The monoisotopic (exact) mass is 276 g/mol. The number of amides is 1. The van der Waals surface area contributed by atoms with Crippen molar-refractivity contribution in [3.63, 3.8) is 0 Å². The van der Waals surface area contributed by atoms with Crippen molar-refractivity contribution in [2.75, 3.05) is 16.8 Å². The second-order valence-corrected chi connectivity index (χ2v) is 5.50. The van der Waals surface area contributed by atoms with Gasteiger partial charge in [0.15, 0.2) is 0 Å². The predicted octanol–water partition coefficient (Wildman–Crippen LogP) is 3.68. The first-order valence-corrected chi connectivity index (χ1v) is 7.25. The quantitative estimate of drug-likeness (QED) is 0.861. The molecule has 0 saturated heterocycles. The second-order valence-electron chi connectivity index (χ2n) is 5.50. The van der Waals surface area contributed by atoms with Gasteiger partial charge in [0, 0.05) is 23.4 Å². The average Bonchev–Trinajstić information content (AvgIpc) is 2.79. The van der Waals surface area contributed by atoms with Crippen LogP contribution in [-0.2, 0) is 6.42 Å². The van der Waals surface area contributed by atoms with E-state index in [2.05, 4.69) is 24.0 Å². The molecule has 2 aromatic carbocycles. The first kappa shape index (κ1) is 12.2.